The van der Waals surface area contributed by atoms with Crippen LogP contribution in [0.4, 0.5) is 4.79 Å². The van der Waals surface area contributed by atoms with Crippen LogP contribution in [0.15, 0.2) is 54.6 Å². The highest BCUT2D eigenvalue weighted by Gasteiger charge is 2.38. The van der Waals surface area contributed by atoms with Crippen molar-refractivity contribution >= 4 is 11.9 Å². The van der Waals surface area contributed by atoms with Gasteiger partial charge in [-0.15, -0.1) is 0 Å². The zero-order valence-corrected chi connectivity index (χ0v) is 16.4. The number of carbonyl (C=O) groups is 2. The Bertz CT molecular complexity index is 828. The van der Waals surface area contributed by atoms with Crippen LogP contribution >= 0.6 is 0 Å². The van der Waals surface area contributed by atoms with E-state index in [0.29, 0.717) is 12.0 Å². The number of hydrogen-bond acceptors (Lipinski definition) is 4. The summed E-state index contributed by atoms with van der Waals surface area (Å²) in [5.41, 5.74) is 1.31. The number of carbonyl (C=O) groups excluding carboxylic acids is 2. The molecule has 1 heterocycles. The lowest BCUT2D eigenvalue weighted by molar-refractivity contribution is -0.128. The Hall–Kier alpha value is -2.86. The number of aliphatic hydroxyl groups is 1. The number of rotatable bonds is 6. The Balaban J connectivity index is 1.62. The van der Waals surface area contributed by atoms with Crippen LogP contribution in [0.5, 0.6) is 5.75 Å². The summed E-state index contributed by atoms with van der Waals surface area (Å²) >= 11 is 0. The number of amides is 3. The summed E-state index contributed by atoms with van der Waals surface area (Å²) in [5, 5.41) is 13.0. The first-order valence-corrected chi connectivity index (χ1v) is 9.36. The topological polar surface area (TPSA) is 78.9 Å². The number of imide groups is 1. The Morgan fingerprint density at radius 3 is 2.32 bits per heavy atom. The summed E-state index contributed by atoms with van der Waals surface area (Å²) in [5.74, 6) is 0.431. The molecule has 0 bridgehead atoms. The minimum absolute atomic E-state index is 0.0659. The molecular weight excluding hydrogens is 356 g/mol. The van der Waals surface area contributed by atoms with Crippen molar-refractivity contribution in [1.29, 1.82) is 0 Å². The maximum Gasteiger partial charge on any atom is 0.324 e. The number of hydrogen-bond donors (Lipinski definition) is 2. The molecule has 2 N–H and O–H groups in total. The van der Waals surface area contributed by atoms with Crippen molar-refractivity contribution in [1.82, 2.24) is 10.2 Å². The number of aliphatic hydroxyl groups excluding tert-OH is 1. The van der Waals surface area contributed by atoms with Crippen molar-refractivity contribution in [3.8, 4) is 5.75 Å². The van der Waals surface area contributed by atoms with Crippen LogP contribution < -0.4 is 10.1 Å². The minimum Gasteiger partial charge on any atom is -0.488 e. The molecule has 0 spiro atoms. The monoisotopic (exact) mass is 382 g/mol. The predicted molar refractivity (Wildman–Crippen MR) is 106 cm³/mol. The van der Waals surface area contributed by atoms with Gasteiger partial charge in [0.15, 0.2) is 0 Å². The number of β-amino-alcohol motifs (C(OH)–C–C–N with tert-alkyl or cyclic N) is 1. The molecule has 1 aliphatic heterocycles. The van der Waals surface area contributed by atoms with Crippen molar-refractivity contribution in [3.63, 3.8) is 0 Å². The van der Waals surface area contributed by atoms with Crippen LogP contribution in [-0.4, -0.2) is 40.1 Å². The van der Waals surface area contributed by atoms with Crippen LogP contribution in [0, 0.1) is 0 Å². The van der Waals surface area contributed by atoms with Gasteiger partial charge in [-0.3, -0.25) is 9.69 Å². The molecule has 1 saturated heterocycles. The largest absolute Gasteiger partial charge is 0.488 e. The van der Waals surface area contributed by atoms with E-state index in [9.17, 15) is 14.7 Å². The van der Waals surface area contributed by atoms with Gasteiger partial charge in [-0.2, -0.15) is 0 Å². The molecule has 0 saturated carbocycles. The molecule has 0 radical (unpaired) electrons. The summed E-state index contributed by atoms with van der Waals surface area (Å²) < 4.78 is 5.79. The Morgan fingerprint density at radius 2 is 1.71 bits per heavy atom. The van der Waals surface area contributed by atoms with E-state index in [1.165, 1.54) is 0 Å². The highest BCUT2D eigenvalue weighted by molar-refractivity contribution is 6.04. The molecule has 2 unspecified atom stereocenters. The van der Waals surface area contributed by atoms with Crippen molar-refractivity contribution in [3.05, 3.63) is 65.7 Å². The third kappa shape index (κ3) is 4.89. The van der Waals surface area contributed by atoms with E-state index in [1.807, 2.05) is 51.1 Å². The van der Waals surface area contributed by atoms with Gasteiger partial charge in [-0.25, -0.2) is 4.79 Å². The molecule has 0 aliphatic carbocycles. The summed E-state index contributed by atoms with van der Waals surface area (Å²) in [6.07, 6.45) is -0.526. The second-order valence-corrected chi connectivity index (χ2v) is 7.94. The van der Waals surface area contributed by atoms with Crippen LogP contribution in [0.3, 0.4) is 0 Å². The van der Waals surface area contributed by atoms with Gasteiger partial charge in [0.25, 0.3) is 5.91 Å². The van der Waals surface area contributed by atoms with Gasteiger partial charge < -0.3 is 15.2 Å². The maximum atomic E-state index is 12.6. The first-order chi connectivity index (χ1) is 13.2. The lowest BCUT2D eigenvalue weighted by atomic mass is 10.1. The van der Waals surface area contributed by atoms with Gasteiger partial charge in [0, 0.05) is 6.42 Å². The Morgan fingerprint density at radius 1 is 1.07 bits per heavy atom. The van der Waals surface area contributed by atoms with Gasteiger partial charge in [0.05, 0.1) is 12.6 Å². The number of nitrogens with one attached hydrogen (secondary N) is 1. The summed E-state index contributed by atoms with van der Waals surface area (Å²) in [7, 11) is 0. The first kappa shape index (κ1) is 19.9. The van der Waals surface area contributed by atoms with E-state index in [4.69, 9.17) is 4.74 Å². The SMILES string of the molecule is CC(C)(C)Oc1ccc(CC2NC(=O)N(CC(O)c3ccccc3)C2=O)cc1. The van der Waals surface area contributed by atoms with Crippen molar-refractivity contribution in [2.75, 3.05) is 6.54 Å². The fourth-order valence-corrected chi connectivity index (χ4v) is 3.12. The van der Waals surface area contributed by atoms with Gasteiger partial charge in [0.2, 0.25) is 0 Å². The van der Waals surface area contributed by atoms with Gasteiger partial charge in [-0.1, -0.05) is 42.5 Å². The number of ether oxygens (including phenoxy) is 1. The lowest BCUT2D eigenvalue weighted by Gasteiger charge is -2.21. The fourth-order valence-electron chi connectivity index (χ4n) is 3.12. The molecule has 2 aromatic carbocycles. The molecule has 28 heavy (non-hydrogen) atoms. The van der Waals surface area contributed by atoms with Gasteiger partial charge in [0.1, 0.15) is 17.4 Å². The van der Waals surface area contributed by atoms with Crippen LogP contribution in [0.25, 0.3) is 0 Å². The average molecular weight is 382 g/mol. The predicted octanol–water partition coefficient (Wildman–Crippen LogP) is 3.06. The van der Waals surface area contributed by atoms with Crippen molar-refractivity contribution in [2.24, 2.45) is 0 Å². The van der Waals surface area contributed by atoms with Crippen LogP contribution in [0.2, 0.25) is 0 Å². The second-order valence-electron chi connectivity index (χ2n) is 7.94. The van der Waals surface area contributed by atoms with E-state index in [1.54, 1.807) is 24.3 Å². The molecule has 3 rings (SSSR count). The molecule has 1 aliphatic rings. The molecule has 0 aromatic heterocycles. The molecule has 2 atom stereocenters. The standard InChI is InChI=1S/C22H26N2O4/c1-22(2,3)28-17-11-9-15(10-12-17)13-18-20(26)24(21(27)23-18)14-19(25)16-7-5-4-6-8-16/h4-12,18-19,25H,13-14H2,1-3H3,(H,23,27). The van der Waals surface area contributed by atoms with E-state index in [-0.39, 0.29) is 18.1 Å². The van der Waals surface area contributed by atoms with Gasteiger partial charge >= 0.3 is 6.03 Å². The maximum absolute atomic E-state index is 12.6. The van der Waals surface area contributed by atoms with Crippen LogP contribution in [-0.2, 0) is 11.2 Å². The Kier molecular flexibility index (Phi) is 5.70. The lowest BCUT2D eigenvalue weighted by Crippen LogP contribution is -2.35. The molecule has 3 amide bonds. The highest BCUT2D eigenvalue weighted by Crippen LogP contribution is 2.21. The molecule has 148 valence electrons. The first-order valence-electron chi connectivity index (χ1n) is 9.36. The molecular formula is C22H26N2O4. The second kappa shape index (κ2) is 8.02. The molecule has 6 heteroatoms. The quantitative estimate of drug-likeness (QED) is 0.753. The highest BCUT2D eigenvalue weighted by atomic mass is 16.5. The average Bonchev–Trinajstić information content (AvgIpc) is 2.90. The van der Waals surface area contributed by atoms with Gasteiger partial charge in [-0.05, 0) is 44.0 Å². The van der Waals surface area contributed by atoms with Crippen LogP contribution in [0.1, 0.15) is 38.0 Å². The summed E-state index contributed by atoms with van der Waals surface area (Å²) in [6.45, 7) is 5.87. The van der Waals surface area contributed by atoms with Crippen molar-refractivity contribution in [2.45, 2.75) is 44.9 Å². The van der Waals surface area contributed by atoms with E-state index >= 15 is 0 Å². The minimum atomic E-state index is -0.913. The summed E-state index contributed by atoms with van der Waals surface area (Å²) in [6, 6.07) is 15.4. The smallest absolute Gasteiger partial charge is 0.324 e. The zero-order valence-electron chi connectivity index (χ0n) is 16.4. The number of nitrogens with zero attached hydrogens (tertiary/aromatic N) is 1. The van der Waals surface area contributed by atoms with E-state index < -0.39 is 18.2 Å². The van der Waals surface area contributed by atoms with Crippen molar-refractivity contribution < 1.29 is 19.4 Å². The normalized spacial score (nSPS) is 18.1. The van der Waals surface area contributed by atoms with E-state index in [2.05, 4.69) is 5.32 Å². The molecule has 2 aromatic rings. The third-order valence-electron chi connectivity index (χ3n) is 4.43. The zero-order chi connectivity index (χ0) is 20.3. The fraction of sp³-hybridized carbons (Fsp3) is 0.364. The summed E-state index contributed by atoms with van der Waals surface area (Å²) in [4.78, 5) is 26.0. The Labute approximate surface area is 165 Å². The van der Waals surface area contributed by atoms with E-state index in [0.717, 1.165) is 16.2 Å². The molecule has 6 nitrogen and oxygen atoms in total. The third-order valence-corrected chi connectivity index (χ3v) is 4.43. The number of benzene rings is 2. The molecule has 1 fully saturated rings. The number of urea groups is 1.